The maximum Gasteiger partial charge on any atom is 0.279 e. The van der Waals surface area contributed by atoms with Gasteiger partial charge in [0.15, 0.2) is 6.61 Å². The Morgan fingerprint density at radius 2 is 1.82 bits per heavy atom. The highest BCUT2D eigenvalue weighted by atomic mass is 32.1. The van der Waals surface area contributed by atoms with Crippen molar-refractivity contribution in [1.29, 1.82) is 0 Å². The third-order valence-corrected chi connectivity index (χ3v) is 3.88. The minimum Gasteiger partial charge on any atom is -0.483 e. The minimum absolute atomic E-state index is 0.157. The monoisotopic (exact) mass is 318 g/mol. The van der Waals surface area contributed by atoms with Gasteiger partial charge in [0, 0.05) is 0 Å². The third-order valence-electron chi connectivity index (χ3n) is 3.01. The van der Waals surface area contributed by atoms with Crippen LogP contribution >= 0.6 is 11.3 Å². The molecule has 2 N–H and O–H groups in total. The fourth-order valence-corrected chi connectivity index (χ4v) is 2.78. The van der Waals surface area contributed by atoms with E-state index in [0.717, 1.165) is 16.7 Å². The molecule has 0 unspecified atom stereocenters. The van der Waals surface area contributed by atoms with E-state index in [1.54, 1.807) is 17.5 Å². The molecule has 0 saturated carbocycles. The molecule has 0 aliphatic rings. The van der Waals surface area contributed by atoms with Crippen molar-refractivity contribution >= 4 is 23.2 Å². The summed E-state index contributed by atoms with van der Waals surface area (Å²) >= 11 is 1.30. The largest absolute Gasteiger partial charge is 0.483 e. The molecule has 0 aliphatic heterocycles. The summed E-state index contributed by atoms with van der Waals surface area (Å²) in [6.45, 7) is 5.73. The van der Waals surface area contributed by atoms with E-state index in [4.69, 9.17) is 4.74 Å². The van der Waals surface area contributed by atoms with E-state index in [2.05, 4.69) is 10.9 Å². The zero-order valence-electron chi connectivity index (χ0n) is 12.7. The van der Waals surface area contributed by atoms with E-state index in [9.17, 15) is 9.59 Å². The van der Waals surface area contributed by atoms with Crippen LogP contribution in [0.1, 0.15) is 26.4 Å². The molecule has 0 spiro atoms. The Balaban J connectivity index is 1.85. The van der Waals surface area contributed by atoms with Crippen LogP contribution in [0.2, 0.25) is 0 Å². The van der Waals surface area contributed by atoms with Gasteiger partial charge in [0.05, 0.1) is 4.88 Å². The predicted octanol–water partition coefficient (Wildman–Crippen LogP) is 2.51. The lowest BCUT2D eigenvalue weighted by molar-refractivity contribution is -0.123. The van der Waals surface area contributed by atoms with E-state index in [-0.39, 0.29) is 12.5 Å². The fraction of sp³-hybridized carbons (Fsp3) is 0.250. The molecular formula is C16H18N2O3S. The minimum atomic E-state index is -0.413. The molecule has 0 radical (unpaired) electrons. The second-order valence-electron chi connectivity index (χ2n) is 5.00. The number of ether oxygens (including phenoxy) is 1. The summed E-state index contributed by atoms with van der Waals surface area (Å²) in [5, 5.41) is 1.79. The first kappa shape index (κ1) is 16.0. The van der Waals surface area contributed by atoms with E-state index in [1.165, 1.54) is 11.3 Å². The molecule has 0 fully saturated rings. The van der Waals surface area contributed by atoms with E-state index < -0.39 is 5.91 Å². The number of hydrogen-bond acceptors (Lipinski definition) is 4. The number of aryl methyl sites for hydroxylation is 3. The molecular weight excluding hydrogens is 300 g/mol. The first-order valence-electron chi connectivity index (χ1n) is 6.80. The Kier molecular flexibility index (Phi) is 5.16. The maximum atomic E-state index is 11.7. The predicted molar refractivity (Wildman–Crippen MR) is 86.1 cm³/mol. The summed E-state index contributed by atoms with van der Waals surface area (Å²) in [6.07, 6.45) is 0. The molecule has 2 amide bonds. The molecule has 2 rings (SSSR count). The third kappa shape index (κ3) is 4.08. The summed E-state index contributed by atoms with van der Waals surface area (Å²) in [6, 6.07) is 7.45. The first-order chi connectivity index (χ1) is 10.5. The lowest BCUT2D eigenvalue weighted by atomic mass is 10.1. The van der Waals surface area contributed by atoms with Crippen molar-refractivity contribution in [3.63, 3.8) is 0 Å². The number of rotatable bonds is 4. The fourth-order valence-electron chi connectivity index (χ4n) is 2.16. The van der Waals surface area contributed by atoms with Gasteiger partial charge < -0.3 is 4.74 Å². The quantitative estimate of drug-likeness (QED) is 0.851. The Bertz CT molecular complexity index is 658. The molecule has 0 saturated heterocycles. The van der Waals surface area contributed by atoms with Crippen LogP contribution in [-0.4, -0.2) is 18.4 Å². The molecule has 5 nitrogen and oxygen atoms in total. The Morgan fingerprint density at radius 1 is 1.14 bits per heavy atom. The molecule has 1 aromatic heterocycles. The van der Waals surface area contributed by atoms with Gasteiger partial charge >= 0.3 is 0 Å². The number of benzene rings is 1. The van der Waals surface area contributed by atoms with Crippen molar-refractivity contribution in [2.75, 3.05) is 6.61 Å². The van der Waals surface area contributed by atoms with Gasteiger partial charge in [0.25, 0.3) is 11.8 Å². The number of hydrogen-bond donors (Lipinski definition) is 2. The van der Waals surface area contributed by atoms with Crippen molar-refractivity contribution in [3.05, 3.63) is 51.2 Å². The molecule has 0 aliphatic carbocycles. The summed E-state index contributed by atoms with van der Waals surface area (Å²) in [4.78, 5) is 23.9. The Morgan fingerprint density at radius 3 is 2.41 bits per heavy atom. The van der Waals surface area contributed by atoms with Crippen molar-refractivity contribution < 1.29 is 14.3 Å². The smallest absolute Gasteiger partial charge is 0.279 e. The van der Waals surface area contributed by atoms with Gasteiger partial charge in [-0.05, 0) is 43.3 Å². The second kappa shape index (κ2) is 7.09. The Hall–Kier alpha value is -2.34. The van der Waals surface area contributed by atoms with Gasteiger partial charge in [-0.1, -0.05) is 23.8 Å². The number of amides is 2. The lowest BCUT2D eigenvalue weighted by Crippen LogP contribution is -2.43. The van der Waals surface area contributed by atoms with Gasteiger partial charge in [-0.15, -0.1) is 11.3 Å². The SMILES string of the molecule is Cc1cc(C)c(OCC(=O)NNC(=O)c2cccs2)c(C)c1. The second-order valence-corrected chi connectivity index (χ2v) is 5.94. The van der Waals surface area contributed by atoms with Crippen molar-refractivity contribution in [2.45, 2.75) is 20.8 Å². The molecule has 2 aromatic rings. The van der Waals surface area contributed by atoms with Gasteiger partial charge in [-0.25, -0.2) is 0 Å². The molecule has 0 atom stereocenters. The lowest BCUT2D eigenvalue weighted by Gasteiger charge is -2.13. The van der Waals surface area contributed by atoms with Crippen molar-refractivity contribution in [1.82, 2.24) is 10.9 Å². The highest BCUT2D eigenvalue weighted by molar-refractivity contribution is 7.12. The van der Waals surface area contributed by atoms with Gasteiger partial charge in [-0.2, -0.15) is 0 Å². The first-order valence-corrected chi connectivity index (χ1v) is 7.68. The molecule has 0 bridgehead atoms. The zero-order valence-corrected chi connectivity index (χ0v) is 13.5. The van der Waals surface area contributed by atoms with Gasteiger partial charge in [0.1, 0.15) is 5.75 Å². The molecule has 22 heavy (non-hydrogen) atoms. The number of carbonyl (C=O) groups is 2. The van der Waals surface area contributed by atoms with Crippen LogP contribution < -0.4 is 15.6 Å². The normalized spacial score (nSPS) is 10.1. The highest BCUT2D eigenvalue weighted by Crippen LogP contribution is 2.24. The van der Waals surface area contributed by atoms with Crippen molar-refractivity contribution in [2.24, 2.45) is 0 Å². The summed E-state index contributed by atoms with van der Waals surface area (Å²) in [7, 11) is 0. The van der Waals surface area contributed by atoms with Crippen LogP contribution in [0.5, 0.6) is 5.75 Å². The van der Waals surface area contributed by atoms with E-state index in [1.807, 2.05) is 32.9 Å². The van der Waals surface area contributed by atoms with Crippen LogP contribution in [0.3, 0.4) is 0 Å². The molecule has 1 aromatic carbocycles. The number of hydrazine groups is 1. The topological polar surface area (TPSA) is 67.4 Å². The van der Waals surface area contributed by atoms with Crippen molar-refractivity contribution in [3.8, 4) is 5.75 Å². The average Bonchev–Trinajstić information content (AvgIpc) is 2.97. The standard InChI is InChI=1S/C16H18N2O3S/c1-10-7-11(2)15(12(3)8-10)21-9-14(19)17-18-16(20)13-5-4-6-22-13/h4-8H,9H2,1-3H3,(H,17,19)(H,18,20). The van der Waals surface area contributed by atoms with Crippen LogP contribution in [0.25, 0.3) is 0 Å². The number of thiophene rings is 1. The molecule has 6 heteroatoms. The van der Waals surface area contributed by atoms with E-state index >= 15 is 0 Å². The number of carbonyl (C=O) groups excluding carboxylic acids is 2. The number of nitrogens with one attached hydrogen (secondary N) is 2. The Labute approximate surface area is 133 Å². The summed E-state index contributed by atoms with van der Waals surface area (Å²) in [5.74, 6) is -0.0549. The molecule has 116 valence electrons. The van der Waals surface area contributed by atoms with Gasteiger partial charge in [0.2, 0.25) is 0 Å². The summed E-state index contributed by atoms with van der Waals surface area (Å²) in [5.41, 5.74) is 7.79. The van der Waals surface area contributed by atoms with Crippen LogP contribution in [0.15, 0.2) is 29.6 Å². The maximum absolute atomic E-state index is 11.7. The van der Waals surface area contributed by atoms with Crippen LogP contribution in [0.4, 0.5) is 0 Å². The van der Waals surface area contributed by atoms with E-state index in [0.29, 0.717) is 10.6 Å². The van der Waals surface area contributed by atoms with Crippen LogP contribution in [-0.2, 0) is 4.79 Å². The van der Waals surface area contributed by atoms with Crippen LogP contribution in [0, 0.1) is 20.8 Å². The van der Waals surface area contributed by atoms with Gasteiger partial charge in [-0.3, -0.25) is 20.4 Å². The molecule has 1 heterocycles. The summed E-state index contributed by atoms with van der Waals surface area (Å²) < 4.78 is 5.55. The average molecular weight is 318 g/mol. The highest BCUT2D eigenvalue weighted by Gasteiger charge is 2.10. The zero-order chi connectivity index (χ0) is 16.1.